The smallest absolute Gasteiger partial charge is 0.168 e. The maximum absolute atomic E-state index is 5.49. The number of nitrogens with zero attached hydrogens (tertiary/aromatic N) is 4. The molecule has 0 amide bonds. The van der Waals surface area contributed by atoms with E-state index in [1.807, 2.05) is 37.3 Å². The molecule has 1 atom stereocenters. The van der Waals surface area contributed by atoms with Crippen LogP contribution < -0.4 is 5.32 Å². The number of nitrogens with one attached hydrogen (secondary N) is 1. The molecule has 3 aromatic rings. The molecule has 2 heterocycles. The minimum Gasteiger partial charge on any atom is -0.356 e. The van der Waals surface area contributed by atoms with E-state index in [-0.39, 0.29) is 6.04 Å². The van der Waals surface area contributed by atoms with Gasteiger partial charge in [0, 0.05) is 0 Å². The number of fused-ring (bicyclic) bond motifs is 1. The molecule has 0 fully saturated rings. The lowest BCUT2D eigenvalue weighted by Gasteiger charge is -2.11. The molecule has 1 N–H and O–H groups in total. The summed E-state index contributed by atoms with van der Waals surface area (Å²) < 4.78 is 1.79. The fraction of sp³-hybridized carbons (Fsp3) is 0.188. The average molecular weight is 277 g/mol. The van der Waals surface area contributed by atoms with E-state index in [0.717, 1.165) is 23.1 Å². The number of rotatable bonds is 4. The quantitative estimate of drug-likeness (QED) is 0.745. The summed E-state index contributed by atoms with van der Waals surface area (Å²) in [5.74, 6) is 3.42. The van der Waals surface area contributed by atoms with Crippen LogP contribution in [0.3, 0.4) is 0 Å². The van der Waals surface area contributed by atoms with E-state index < -0.39 is 0 Å². The van der Waals surface area contributed by atoms with Crippen molar-refractivity contribution in [3.8, 4) is 18.0 Å². The van der Waals surface area contributed by atoms with Crippen LogP contribution in [0.15, 0.2) is 42.9 Å². The minimum atomic E-state index is -0.0526. The zero-order valence-electron chi connectivity index (χ0n) is 11.7. The molecule has 0 bridgehead atoms. The molecule has 0 spiro atoms. The Hall–Kier alpha value is -2.87. The summed E-state index contributed by atoms with van der Waals surface area (Å²) in [4.78, 5) is 8.61. The summed E-state index contributed by atoms with van der Waals surface area (Å²) in [6, 6.07) is 9.82. The lowest BCUT2D eigenvalue weighted by molar-refractivity contribution is 0.851. The third kappa shape index (κ3) is 2.43. The van der Waals surface area contributed by atoms with Crippen molar-refractivity contribution in [2.75, 3.05) is 5.32 Å². The van der Waals surface area contributed by atoms with E-state index in [0.29, 0.717) is 5.82 Å². The van der Waals surface area contributed by atoms with Crippen molar-refractivity contribution in [2.24, 2.45) is 0 Å². The van der Waals surface area contributed by atoms with Crippen LogP contribution in [0.25, 0.3) is 16.7 Å². The molecule has 5 nitrogen and oxygen atoms in total. The highest BCUT2D eigenvalue weighted by molar-refractivity contribution is 5.87. The zero-order valence-corrected chi connectivity index (χ0v) is 11.7. The van der Waals surface area contributed by atoms with Gasteiger partial charge in [-0.3, -0.25) is 0 Å². The van der Waals surface area contributed by atoms with Crippen LogP contribution in [-0.4, -0.2) is 25.8 Å². The number of para-hydroxylation sites is 1. The molecule has 1 aromatic carbocycles. The Labute approximate surface area is 123 Å². The molecule has 2 aromatic heterocycles. The van der Waals surface area contributed by atoms with E-state index in [2.05, 4.69) is 26.3 Å². The van der Waals surface area contributed by atoms with Crippen LogP contribution in [0.2, 0.25) is 0 Å². The summed E-state index contributed by atoms with van der Waals surface area (Å²) in [5, 5.41) is 8.51. The van der Waals surface area contributed by atoms with E-state index >= 15 is 0 Å². The monoisotopic (exact) mass is 277 g/mol. The molecule has 0 aliphatic heterocycles. The number of hydrogen-bond acceptors (Lipinski definition) is 4. The first-order chi connectivity index (χ1) is 10.3. The maximum atomic E-state index is 5.49. The number of benzene rings is 1. The SMILES string of the molecule is C#CC(CC)Nc1ncnc2c1cnn2-c1ccccc1. The van der Waals surface area contributed by atoms with Crippen molar-refractivity contribution in [1.29, 1.82) is 0 Å². The predicted molar refractivity (Wildman–Crippen MR) is 83.2 cm³/mol. The Bertz CT molecular complexity index is 785. The van der Waals surface area contributed by atoms with Crippen molar-refractivity contribution < 1.29 is 0 Å². The second-order valence-corrected chi connectivity index (χ2v) is 4.62. The van der Waals surface area contributed by atoms with E-state index in [1.54, 1.807) is 10.9 Å². The van der Waals surface area contributed by atoms with Gasteiger partial charge in [0.2, 0.25) is 0 Å². The molecule has 5 heteroatoms. The number of hydrogen-bond donors (Lipinski definition) is 1. The fourth-order valence-corrected chi connectivity index (χ4v) is 2.14. The highest BCUT2D eigenvalue weighted by Crippen LogP contribution is 2.22. The van der Waals surface area contributed by atoms with E-state index in [4.69, 9.17) is 6.42 Å². The molecular weight excluding hydrogens is 262 g/mol. The van der Waals surface area contributed by atoms with Crippen molar-refractivity contribution in [2.45, 2.75) is 19.4 Å². The van der Waals surface area contributed by atoms with Crippen molar-refractivity contribution in [3.05, 3.63) is 42.9 Å². The van der Waals surface area contributed by atoms with E-state index in [9.17, 15) is 0 Å². The summed E-state index contributed by atoms with van der Waals surface area (Å²) in [6.45, 7) is 2.03. The molecule has 1 unspecified atom stereocenters. The Kier molecular flexibility index (Phi) is 3.52. The second kappa shape index (κ2) is 5.63. The van der Waals surface area contributed by atoms with Gasteiger partial charge in [0.25, 0.3) is 0 Å². The minimum absolute atomic E-state index is 0.0526. The lowest BCUT2D eigenvalue weighted by atomic mass is 10.2. The average Bonchev–Trinajstić information content (AvgIpc) is 2.98. The van der Waals surface area contributed by atoms with Crippen LogP contribution in [0.5, 0.6) is 0 Å². The van der Waals surface area contributed by atoms with Gasteiger partial charge in [0.15, 0.2) is 5.65 Å². The van der Waals surface area contributed by atoms with Gasteiger partial charge < -0.3 is 5.32 Å². The zero-order chi connectivity index (χ0) is 14.7. The largest absolute Gasteiger partial charge is 0.356 e. The molecule has 0 saturated heterocycles. The Morgan fingerprint density at radius 2 is 2.10 bits per heavy atom. The summed E-state index contributed by atoms with van der Waals surface area (Å²) in [6.07, 6.45) is 9.60. The third-order valence-electron chi connectivity index (χ3n) is 3.29. The number of terminal acetylenes is 1. The molecule has 104 valence electrons. The summed E-state index contributed by atoms with van der Waals surface area (Å²) >= 11 is 0. The van der Waals surface area contributed by atoms with Gasteiger partial charge in [-0.05, 0) is 18.6 Å². The van der Waals surface area contributed by atoms with Crippen LogP contribution >= 0.6 is 0 Å². The van der Waals surface area contributed by atoms with Gasteiger partial charge in [-0.2, -0.15) is 5.10 Å². The standard InChI is InChI=1S/C16H15N5/c1-3-12(4-2)20-15-14-10-19-21(16(14)18-11-17-15)13-8-6-5-7-9-13/h1,5-12H,4H2,2H3,(H,17,18,20). The highest BCUT2D eigenvalue weighted by atomic mass is 15.3. The predicted octanol–water partition coefficient (Wildman–Crippen LogP) is 2.64. The van der Waals surface area contributed by atoms with Crippen molar-refractivity contribution in [3.63, 3.8) is 0 Å². The van der Waals surface area contributed by atoms with Gasteiger partial charge in [0.1, 0.15) is 12.1 Å². The Balaban J connectivity index is 2.07. The summed E-state index contributed by atoms with van der Waals surface area (Å²) in [5.41, 5.74) is 1.71. The Morgan fingerprint density at radius 1 is 1.29 bits per heavy atom. The summed E-state index contributed by atoms with van der Waals surface area (Å²) in [7, 11) is 0. The van der Waals surface area contributed by atoms with Crippen LogP contribution in [-0.2, 0) is 0 Å². The molecular formula is C16H15N5. The third-order valence-corrected chi connectivity index (χ3v) is 3.29. The van der Waals surface area contributed by atoms with Crippen molar-refractivity contribution in [1.82, 2.24) is 19.7 Å². The lowest BCUT2D eigenvalue weighted by Crippen LogP contribution is -2.16. The van der Waals surface area contributed by atoms with Gasteiger partial charge in [-0.1, -0.05) is 31.0 Å². The van der Waals surface area contributed by atoms with Gasteiger partial charge in [-0.25, -0.2) is 14.6 Å². The normalized spacial score (nSPS) is 12.0. The number of aromatic nitrogens is 4. The first-order valence-corrected chi connectivity index (χ1v) is 6.80. The molecule has 0 radical (unpaired) electrons. The van der Waals surface area contributed by atoms with Crippen LogP contribution in [0.4, 0.5) is 5.82 Å². The van der Waals surface area contributed by atoms with Crippen molar-refractivity contribution >= 4 is 16.9 Å². The van der Waals surface area contributed by atoms with Gasteiger partial charge in [0.05, 0.1) is 23.3 Å². The highest BCUT2D eigenvalue weighted by Gasteiger charge is 2.12. The Morgan fingerprint density at radius 3 is 2.81 bits per heavy atom. The maximum Gasteiger partial charge on any atom is 0.168 e. The molecule has 0 saturated carbocycles. The van der Waals surface area contributed by atoms with Crippen LogP contribution in [0, 0.1) is 12.3 Å². The van der Waals surface area contributed by atoms with E-state index in [1.165, 1.54) is 6.33 Å². The fourth-order valence-electron chi connectivity index (χ4n) is 2.14. The van der Waals surface area contributed by atoms with Gasteiger partial charge in [-0.15, -0.1) is 6.42 Å². The first kappa shape index (κ1) is 13.1. The number of anilines is 1. The molecule has 21 heavy (non-hydrogen) atoms. The molecule has 3 rings (SSSR count). The van der Waals surface area contributed by atoms with Crippen LogP contribution in [0.1, 0.15) is 13.3 Å². The molecule has 0 aliphatic carbocycles. The first-order valence-electron chi connectivity index (χ1n) is 6.80. The van der Waals surface area contributed by atoms with Gasteiger partial charge >= 0.3 is 0 Å². The topological polar surface area (TPSA) is 55.6 Å². The molecule has 0 aliphatic rings. The second-order valence-electron chi connectivity index (χ2n) is 4.62.